The van der Waals surface area contributed by atoms with Crippen LogP contribution in [-0.2, 0) is 4.74 Å². The van der Waals surface area contributed by atoms with E-state index < -0.39 is 29.9 Å². The number of ether oxygens (including phenoxy) is 1. The van der Waals surface area contributed by atoms with Crippen LogP contribution in [0.5, 0.6) is 0 Å². The highest BCUT2D eigenvalue weighted by Crippen LogP contribution is 2.34. The molecule has 10 heteroatoms. The standard InChI is InChI=1S/C19H25ClN4O5/c1-19(2,3)29-17(26)22-13-8-12(20)15(7-11(13)9-21)24-6-5-14(16(25)10-24)23(4)18(27)28/h7-8,14,16,25H,5-6,10H2,1-4H3,(H,22,26)(H,27,28)/t14-,16+/m1/s1. The molecule has 0 aliphatic carbocycles. The second-order valence-electron chi connectivity index (χ2n) is 7.85. The summed E-state index contributed by atoms with van der Waals surface area (Å²) in [5, 5.41) is 31.8. The Morgan fingerprint density at radius 2 is 2.07 bits per heavy atom. The van der Waals surface area contributed by atoms with Crippen molar-refractivity contribution in [2.24, 2.45) is 0 Å². The summed E-state index contributed by atoms with van der Waals surface area (Å²) in [6, 6.07) is 4.49. The molecule has 2 atom stereocenters. The van der Waals surface area contributed by atoms with Crippen molar-refractivity contribution in [2.45, 2.75) is 44.9 Å². The highest BCUT2D eigenvalue weighted by molar-refractivity contribution is 6.33. The van der Waals surface area contributed by atoms with Gasteiger partial charge < -0.3 is 24.7 Å². The Balaban J connectivity index is 2.20. The highest BCUT2D eigenvalue weighted by atomic mass is 35.5. The zero-order valence-corrected chi connectivity index (χ0v) is 17.5. The number of carbonyl (C=O) groups is 2. The van der Waals surface area contributed by atoms with Crippen molar-refractivity contribution in [3.63, 3.8) is 0 Å². The number of halogens is 1. The predicted molar refractivity (Wildman–Crippen MR) is 108 cm³/mol. The molecule has 0 spiro atoms. The number of anilines is 2. The van der Waals surface area contributed by atoms with Gasteiger partial charge in [0.1, 0.15) is 11.7 Å². The van der Waals surface area contributed by atoms with Gasteiger partial charge in [-0.2, -0.15) is 5.26 Å². The summed E-state index contributed by atoms with van der Waals surface area (Å²) >= 11 is 6.38. The molecule has 9 nitrogen and oxygen atoms in total. The van der Waals surface area contributed by atoms with Crippen molar-refractivity contribution in [1.29, 1.82) is 5.26 Å². The largest absolute Gasteiger partial charge is 0.465 e. The summed E-state index contributed by atoms with van der Waals surface area (Å²) in [6.45, 7) is 5.79. The van der Waals surface area contributed by atoms with E-state index in [1.54, 1.807) is 25.7 Å². The van der Waals surface area contributed by atoms with Crippen LogP contribution in [0.2, 0.25) is 5.02 Å². The number of nitriles is 1. The van der Waals surface area contributed by atoms with E-state index in [1.807, 2.05) is 6.07 Å². The van der Waals surface area contributed by atoms with Crippen LogP contribution in [0.15, 0.2) is 12.1 Å². The maximum absolute atomic E-state index is 12.0. The number of benzene rings is 1. The summed E-state index contributed by atoms with van der Waals surface area (Å²) in [7, 11) is 1.42. The molecule has 1 fully saturated rings. The first-order valence-electron chi connectivity index (χ1n) is 9.05. The first-order valence-corrected chi connectivity index (χ1v) is 9.43. The van der Waals surface area contributed by atoms with Gasteiger partial charge >= 0.3 is 12.2 Å². The number of piperidine rings is 1. The van der Waals surface area contributed by atoms with E-state index >= 15 is 0 Å². The SMILES string of the molecule is CN(C(=O)O)[C@@H]1CCN(c2cc(C#N)c(NC(=O)OC(C)(C)C)cc2Cl)C[C@@H]1O. The summed E-state index contributed by atoms with van der Waals surface area (Å²) in [4.78, 5) is 26.0. The van der Waals surface area contributed by atoms with Crippen LogP contribution in [0, 0.1) is 11.3 Å². The third-order valence-corrected chi connectivity index (χ3v) is 4.83. The molecular weight excluding hydrogens is 400 g/mol. The summed E-state index contributed by atoms with van der Waals surface area (Å²) < 4.78 is 5.20. The fraction of sp³-hybridized carbons (Fsp3) is 0.526. The van der Waals surface area contributed by atoms with E-state index in [0.717, 1.165) is 4.90 Å². The first kappa shape index (κ1) is 22.6. The summed E-state index contributed by atoms with van der Waals surface area (Å²) in [5.41, 5.74) is 0.240. The van der Waals surface area contributed by atoms with Crippen molar-refractivity contribution in [1.82, 2.24) is 4.90 Å². The Hall–Kier alpha value is -2.70. The molecule has 1 aliphatic heterocycles. The monoisotopic (exact) mass is 424 g/mol. The van der Waals surface area contributed by atoms with Crippen LogP contribution in [0.3, 0.4) is 0 Å². The molecule has 1 aliphatic rings. The lowest BCUT2D eigenvalue weighted by Crippen LogP contribution is -2.54. The van der Waals surface area contributed by atoms with Gasteiger partial charge in [-0.15, -0.1) is 0 Å². The molecule has 3 N–H and O–H groups in total. The number of aliphatic hydroxyl groups is 1. The van der Waals surface area contributed by atoms with Crippen LogP contribution in [0.1, 0.15) is 32.8 Å². The molecule has 0 unspecified atom stereocenters. The number of hydrogen-bond donors (Lipinski definition) is 3. The number of aliphatic hydroxyl groups excluding tert-OH is 1. The second kappa shape index (κ2) is 8.76. The Bertz CT molecular complexity index is 833. The van der Waals surface area contributed by atoms with E-state index in [0.29, 0.717) is 18.7 Å². The number of carbonyl (C=O) groups excluding carboxylic acids is 1. The molecular formula is C19H25ClN4O5. The quantitative estimate of drug-likeness (QED) is 0.680. The number of amides is 2. The molecule has 1 aromatic carbocycles. The fourth-order valence-electron chi connectivity index (χ4n) is 3.15. The normalized spacial score (nSPS) is 19.3. The van der Waals surface area contributed by atoms with Gasteiger partial charge in [-0.05, 0) is 39.3 Å². The van der Waals surface area contributed by atoms with Crippen molar-refractivity contribution < 1.29 is 24.5 Å². The predicted octanol–water partition coefficient (Wildman–Crippen LogP) is 3.11. The topological polar surface area (TPSA) is 126 Å². The lowest BCUT2D eigenvalue weighted by molar-refractivity contribution is 0.0497. The molecule has 0 bridgehead atoms. The molecule has 1 heterocycles. The van der Waals surface area contributed by atoms with Crippen LogP contribution in [0.4, 0.5) is 21.0 Å². The molecule has 158 valence electrons. The number of β-amino-alcohol motifs (C(OH)–C–C–N with tert-alkyl or cyclic N) is 1. The minimum atomic E-state index is -1.11. The maximum Gasteiger partial charge on any atom is 0.412 e. The van der Waals surface area contributed by atoms with Crippen LogP contribution in [-0.4, -0.2) is 65.2 Å². The number of nitrogens with one attached hydrogen (secondary N) is 1. The van der Waals surface area contributed by atoms with Gasteiger partial charge in [0, 0.05) is 20.1 Å². The number of hydrogen-bond acceptors (Lipinski definition) is 6. The molecule has 2 amide bonds. The van der Waals surface area contributed by atoms with Crippen LogP contribution < -0.4 is 10.2 Å². The molecule has 2 rings (SSSR count). The third-order valence-electron chi connectivity index (χ3n) is 4.53. The molecule has 0 aromatic heterocycles. The highest BCUT2D eigenvalue weighted by Gasteiger charge is 2.33. The van der Waals surface area contributed by atoms with Gasteiger partial charge in [0.15, 0.2) is 0 Å². The molecule has 0 radical (unpaired) electrons. The van der Waals surface area contributed by atoms with Crippen molar-refractivity contribution >= 4 is 35.2 Å². The average molecular weight is 425 g/mol. The van der Waals surface area contributed by atoms with E-state index in [2.05, 4.69) is 5.32 Å². The number of likely N-dealkylation sites (N-methyl/N-ethyl adjacent to an activating group) is 1. The first-order chi connectivity index (χ1) is 13.4. The summed E-state index contributed by atoms with van der Waals surface area (Å²) in [6.07, 6.45) is -2.32. The van der Waals surface area contributed by atoms with E-state index in [1.165, 1.54) is 19.2 Å². The zero-order chi connectivity index (χ0) is 21.9. The smallest absolute Gasteiger partial charge is 0.412 e. The third kappa shape index (κ3) is 5.65. The van der Waals surface area contributed by atoms with Gasteiger partial charge in [-0.25, -0.2) is 9.59 Å². The lowest BCUT2D eigenvalue weighted by Gasteiger charge is -2.40. The Morgan fingerprint density at radius 1 is 1.41 bits per heavy atom. The molecule has 1 aromatic rings. The molecule has 1 saturated heterocycles. The Morgan fingerprint density at radius 3 is 2.59 bits per heavy atom. The zero-order valence-electron chi connectivity index (χ0n) is 16.8. The van der Waals surface area contributed by atoms with Gasteiger partial charge in [0.25, 0.3) is 0 Å². The van der Waals surface area contributed by atoms with E-state index in [-0.39, 0.29) is 22.8 Å². The average Bonchev–Trinajstić information content (AvgIpc) is 2.59. The van der Waals surface area contributed by atoms with Crippen LogP contribution >= 0.6 is 11.6 Å². The number of nitrogens with zero attached hydrogens (tertiary/aromatic N) is 3. The molecule has 29 heavy (non-hydrogen) atoms. The minimum Gasteiger partial charge on any atom is -0.465 e. The van der Waals surface area contributed by atoms with Gasteiger partial charge in [0.05, 0.1) is 34.1 Å². The van der Waals surface area contributed by atoms with Gasteiger partial charge in [-0.1, -0.05) is 11.6 Å². The Kier molecular flexibility index (Phi) is 6.82. The minimum absolute atomic E-state index is 0.158. The Labute approximate surface area is 174 Å². The fourth-order valence-corrected chi connectivity index (χ4v) is 3.43. The van der Waals surface area contributed by atoms with Gasteiger partial charge in [0.2, 0.25) is 0 Å². The van der Waals surface area contributed by atoms with Gasteiger partial charge in [-0.3, -0.25) is 5.32 Å². The van der Waals surface area contributed by atoms with Crippen molar-refractivity contribution in [2.75, 3.05) is 30.4 Å². The molecule has 0 saturated carbocycles. The second-order valence-corrected chi connectivity index (χ2v) is 8.26. The summed E-state index contributed by atoms with van der Waals surface area (Å²) in [5.74, 6) is 0. The van der Waals surface area contributed by atoms with E-state index in [4.69, 9.17) is 21.4 Å². The number of carboxylic acid groups (broad SMARTS) is 1. The maximum atomic E-state index is 12.0. The van der Waals surface area contributed by atoms with Crippen molar-refractivity contribution in [3.8, 4) is 6.07 Å². The lowest BCUT2D eigenvalue weighted by atomic mass is 9.99. The van der Waals surface area contributed by atoms with E-state index in [9.17, 15) is 20.0 Å². The van der Waals surface area contributed by atoms with Crippen LogP contribution in [0.25, 0.3) is 0 Å². The number of rotatable bonds is 3. The van der Waals surface area contributed by atoms with Crippen molar-refractivity contribution in [3.05, 3.63) is 22.7 Å².